The van der Waals surface area contributed by atoms with E-state index in [9.17, 15) is 0 Å². The Morgan fingerprint density at radius 2 is 2.11 bits per heavy atom. The van der Waals surface area contributed by atoms with Gasteiger partial charge >= 0.3 is 33.3 Å². The predicted octanol–water partition coefficient (Wildman–Crippen LogP) is 2.42. The monoisotopic (exact) mass is 279 g/mol. The van der Waals surface area contributed by atoms with Crippen LogP contribution in [-0.2, 0) is 13.1 Å². The van der Waals surface area contributed by atoms with Gasteiger partial charge in [0.2, 0.25) is 0 Å². The number of rotatable bonds is 0. The van der Waals surface area contributed by atoms with Crippen molar-refractivity contribution in [2.75, 3.05) is 0 Å². The van der Waals surface area contributed by atoms with Gasteiger partial charge in [-0.1, -0.05) is 0 Å². The van der Waals surface area contributed by atoms with Gasteiger partial charge in [0.1, 0.15) is 6.33 Å². The second-order valence-electron chi connectivity index (χ2n) is 0.950. The van der Waals surface area contributed by atoms with Crippen molar-refractivity contribution in [1.82, 2.24) is 8.58 Å². The van der Waals surface area contributed by atoms with Gasteiger partial charge < -0.3 is 0 Å². The summed E-state index contributed by atoms with van der Waals surface area (Å²) >= 11 is 3.89. The molecule has 0 radical (unpaired) electrons. The molecule has 1 aromatic rings. The quantitative estimate of drug-likeness (QED) is 0.668. The molecule has 0 unspecified atom stereocenters. The zero-order valence-electron chi connectivity index (χ0n) is 4.06. The molecule has 0 N–H and O–H groups in total. The number of halogens is 3. The Bertz CT molecular complexity index is 134. The first-order valence-corrected chi connectivity index (χ1v) is 5.06. The van der Waals surface area contributed by atoms with Gasteiger partial charge in [-0.3, -0.25) is 3.59 Å². The fourth-order valence-corrected chi connectivity index (χ4v) is 0.454. The van der Waals surface area contributed by atoms with Crippen molar-refractivity contribution in [3.63, 3.8) is 0 Å². The van der Waals surface area contributed by atoms with Gasteiger partial charge in [0, 0.05) is 12.4 Å². The van der Waals surface area contributed by atoms with Crippen LogP contribution in [0.25, 0.3) is 0 Å². The summed E-state index contributed by atoms with van der Waals surface area (Å²) in [6.45, 7) is 0. The average molecular weight is 281 g/mol. The van der Waals surface area contributed by atoms with Crippen LogP contribution in [-0.4, -0.2) is 8.58 Å². The summed E-state index contributed by atoms with van der Waals surface area (Å²) in [5.41, 5.74) is 0. The zero-order chi connectivity index (χ0) is 7.11. The molecule has 0 aliphatic rings. The number of imidazole rings is 1. The normalized spacial score (nSPS) is 8.33. The molecule has 0 bridgehead atoms. The van der Waals surface area contributed by atoms with Crippen LogP contribution in [0.3, 0.4) is 0 Å². The summed E-state index contributed by atoms with van der Waals surface area (Å²) in [7, 11) is 9.34. The Kier molecular flexibility index (Phi) is 7.51. The third-order valence-corrected chi connectivity index (χ3v) is 0.892. The van der Waals surface area contributed by atoms with E-state index in [0.29, 0.717) is 0 Å². The summed E-state index contributed by atoms with van der Waals surface area (Å²) in [6, 6.07) is 0. The van der Waals surface area contributed by atoms with Gasteiger partial charge in [-0.05, 0) is 0 Å². The molecule has 0 aliphatic heterocycles. The van der Waals surface area contributed by atoms with Crippen molar-refractivity contribution >= 4 is 36.3 Å². The van der Waals surface area contributed by atoms with Crippen molar-refractivity contribution < 1.29 is 13.1 Å². The molecule has 0 atom stereocenters. The van der Waals surface area contributed by atoms with Crippen molar-refractivity contribution in [2.24, 2.45) is 0 Å². The molecule has 0 spiro atoms. The van der Waals surface area contributed by atoms with Crippen LogP contribution in [0.4, 0.5) is 0 Å². The standard InChI is InChI=1S/C3H3BrN2.2ClH.Cu/c4-6-2-1-5-3-6;;;/h1-3H;2*1H;/q;;;+2/p-2. The van der Waals surface area contributed by atoms with Gasteiger partial charge in [-0.25, -0.2) is 4.98 Å². The second-order valence-corrected chi connectivity index (χ2v) is 3.32. The summed E-state index contributed by atoms with van der Waals surface area (Å²) < 4.78 is 1.70. The molecule has 1 heterocycles. The SMILES string of the molecule is Brn1ccnc1.[Cl][Cu][Cl]. The van der Waals surface area contributed by atoms with E-state index in [0.717, 1.165) is 13.1 Å². The van der Waals surface area contributed by atoms with Crippen LogP contribution in [0.5, 0.6) is 0 Å². The van der Waals surface area contributed by atoms with Gasteiger partial charge in [0.05, 0.1) is 16.1 Å². The maximum atomic E-state index is 4.67. The van der Waals surface area contributed by atoms with Gasteiger partial charge in [0.25, 0.3) is 0 Å². The summed E-state index contributed by atoms with van der Waals surface area (Å²) in [4.78, 5) is 3.74. The summed E-state index contributed by atoms with van der Waals surface area (Å²) in [5, 5.41) is 0. The Hall–Kier alpha value is 0.789. The fourth-order valence-electron chi connectivity index (χ4n) is 0.243. The van der Waals surface area contributed by atoms with E-state index in [-0.39, 0.29) is 0 Å². The molecule has 57 valence electrons. The molecule has 1 rings (SSSR count). The van der Waals surface area contributed by atoms with Crippen molar-refractivity contribution in [3.8, 4) is 0 Å². The molecule has 2 nitrogen and oxygen atoms in total. The van der Waals surface area contributed by atoms with E-state index in [1.54, 1.807) is 22.3 Å². The van der Waals surface area contributed by atoms with Crippen LogP contribution in [0.15, 0.2) is 18.7 Å². The minimum absolute atomic E-state index is 0.757. The van der Waals surface area contributed by atoms with Gasteiger partial charge in [0.15, 0.2) is 0 Å². The van der Waals surface area contributed by atoms with Crippen LogP contribution in [0, 0.1) is 0 Å². The number of aromatic nitrogens is 2. The minimum atomic E-state index is 0.757. The number of hydrogen-bond acceptors (Lipinski definition) is 1. The molecular formula is C3H3BrCl2CuN2. The van der Waals surface area contributed by atoms with E-state index in [2.05, 4.69) is 41.3 Å². The molecule has 0 amide bonds. The summed E-state index contributed by atoms with van der Waals surface area (Å²) in [6.07, 6.45) is 5.18. The van der Waals surface area contributed by atoms with Crippen molar-refractivity contribution in [3.05, 3.63) is 18.7 Å². The van der Waals surface area contributed by atoms with Crippen LogP contribution in [0.1, 0.15) is 0 Å². The Balaban J connectivity index is 0.000000187. The van der Waals surface area contributed by atoms with E-state index >= 15 is 0 Å². The molecule has 0 saturated heterocycles. The van der Waals surface area contributed by atoms with E-state index < -0.39 is 0 Å². The van der Waals surface area contributed by atoms with E-state index in [4.69, 9.17) is 0 Å². The first-order chi connectivity index (χ1) is 4.31. The Morgan fingerprint density at radius 3 is 2.22 bits per heavy atom. The van der Waals surface area contributed by atoms with Crippen LogP contribution < -0.4 is 0 Å². The predicted molar refractivity (Wildman–Crippen MR) is 38.3 cm³/mol. The van der Waals surface area contributed by atoms with Crippen LogP contribution in [0.2, 0.25) is 0 Å². The third kappa shape index (κ3) is 6.68. The first-order valence-electron chi connectivity index (χ1n) is 1.76. The third-order valence-electron chi connectivity index (χ3n) is 0.472. The van der Waals surface area contributed by atoms with Gasteiger partial charge in [-0.15, -0.1) is 0 Å². The number of hydrogen-bond donors (Lipinski definition) is 0. The number of nitrogens with zero attached hydrogens (tertiary/aromatic N) is 2. The topological polar surface area (TPSA) is 17.8 Å². The Labute approximate surface area is 76.5 Å². The molecule has 0 aliphatic carbocycles. The molecule has 1 aromatic heterocycles. The van der Waals surface area contributed by atoms with Gasteiger partial charge in [-0.2, -0.15) is 0 Å². The zero-order valence-corrected chi connectivity index (χ0v) is 8.10. The second kappa shape index (κ2) is 6.90. The van der Waals surface area contributed by atoms with E-state index in [1.165, 1.54) is 0 Å². The van der Waals surface area contributed by atoms with E-state index in [1.807, 2.05) is 0 Å². The van der Waals surface area contributed by atoms with Crippen molar-refractivity contribution in [2.45, 2.75) is 0 Å². The molecule has 6 heteroatoms. The summed E-state index contributed by atoms with van der Waals surface area (Å²) in [5.74, 6) is 0. The molecule has 0 fully saturated rings. The van der Waals surface area contributed by atoms with Crippen LogP contribution >= 0.6 is 36.3 Å². The first kappa shape index (κ1) is 9.79. The van der Waals surface area contributed by atoms with Crippen molar-refractivity contribution in [1.29, 1.82) is 0 Å². The average Bonchev–Trinajstić information content (AvgIpc) is 2.20. The Morgan fingerprint density at radius 1 is 1.56 bits per heavy atom. The molecule has 9 heavy (non-hydrogen) atoms. The fraction of sp³-hybridized carbons (Fsp3) is 0. The maximum absolute atomic E-state index is 4.67. The molecule has 0 aromatic carbocycles. The molecule has 0 saturated carbocycles. The molecular weight excluding hydrogens is 278 g/mol.